The van der Waals surface area contributed by atoms with Gasteiger partial charge in [0.25, 0.3) is 0 Å². The molecule has 0 aliphatic carbocycles. The summed E-state index contributed by atoms with van der Waals surface area (Å²) in [5.74, 6) is -2.27. The van der Waals surface area contributed by atoms with Gasteiger partial charge in [-0.1, -0.05) is 0 Å². The summed E-state index contributed by atoms with van der Waals surface area (Å²) in [5, 5.41) is 19.4. The van der Waals surface area contributed by atoms with E-state index in [0.717, 1.165) is 0 Å². The molecule has 3 atom stereocenters. The Morgan fingerprint density at radius 3 is 2.76 bits per heavy atom. The Labute approximate surface area is 146 Å². The molecule has 2 aromatic heterocycles. The lowest BCUT2D eigenvalue weighted by atomic mass is 9.83. The van der Waals surface area contributed by atoms with Gasteiger partial charge in [0, 0.05) is 18.7 Å². The van der Waals surface area contributed by atoms with Gasteiger partial charge in [0.15, 0.2) is 5.78 Å². The maximum atomic E-state index is 12.3. The number of imidazole rings is 1. The number of nitrogens with zero attached hydrogens (tertiary/aromatic N) is 3. The SMILES string of the molecule is CC(=O)c1ncn2cc(C3=C(C(=O)O)N4C(=O)[C@H]([C@@H](C)O)[C@H]4C3)sc12. The van der Waals surface area contributed by atoms with Crippen LogP contribution in [0.3, 0.4) is 0 Å². The van der Waals surface area contributed by atoms with Crippen molar-refractivity contribution in [1.29, 1.82) is 0 Å². The van der Waals surface area contributed by atoms with Crippen molar-refractivity contribution in [2.45, 2.75) is 32.4 Å². The Morgan fingerprint density at radius 2 is 2.16 bits per heavy atom. The lowest BCUT2D eigenvalue weighted by Gasteiger charge is -2.44. The summed E-state index contributed by atoms with van der Waals surface area (Å²) in [5.41, 5.74) is 0.860. The largest absolute Gasteiger partial charge is 0.477 e. The number of Topliss-reactive ketones (excluding diaryl/α,β-unsaturated/α-hetero) is 1. The molecule has 9 heteroatoms. The molecule has 130 valence electrons. The van der Waals surface area contributed by atoms with Crippen LogP contribution >= 0.6 is 11.3 Å². The molecule has 1 fully saturated rings. The first kappa shape index (κ1) is 16.0. The van der Waals surface area contributed by atoms with Crippen molar-refractivity contribution in [3.63, 3.8) is 0 Å². The van der Waals surface area contributed by atoms with Gasteiger partial charge in [-0.15, -0.1) is 11.3 Å². The predicted molar refractivity (Wildman–Crippen MR) is 88.1 cm³/mol. The van der Waals surface area contributed by atoms with E-state index in [1.54, 1.807) is 17.5 Å². The Morgan fingerprint density at radius 1 is 1.44 bits per heavy atom. The van der Waals surface area contributed by atoms with Gasteiger partial charge in [0.05, 0.1) is 22.9 Å². The highest BCUT2D eigenvalue weighted by Gasteiger charge is 2.56. The molecule has 0 bridgehead atoms. The molecule has 4 rings (SSSR count). The van der Waals surface area contributed by atoms with Crippen LogP contribution < -0.4 is 0 Å². The zero-order valence-electron chi connectivity index (χ0n) is 13.5. The predicted octanol–water partition coefficient (Wildman–Crippen LogP) is 1.01. The van der Waals surface area contributed by atoms with Crippen molar-refractivity contribution >= 4 is 39.4 Å². The van der Waals surface area contributed by atoms with Gasteiger partial charge >= 0.3 is 5.97 Å². The lowest BCUT2D eigenvalue weighted by Crippen LogP contribution is -2.61. The fourth-order valence-electron chi connectivity index (χ4n) is 3.67. The number of ketones is 1. The maximum absolute atomic E-state index is 12.3. The molecule has 25 heavy (non-hydrogen) atoms. The third-order valence-electron chi connectivity index (χ3n) is 4.77. The number of aliphatic carboxylic acids is 1. The highest BCUT2D eigenvalue weighted by molar-refractivity contribution is 7.18. The van der Waals surface area contributed by atoms with Gasteiger partial charge in [-0.3, -0.25) is 14.0 Å². The summed E-state index contributed by atoms with van der Waals surface area (Å²) < 4.78 is 1.69. The summed E-state index contributed by atoms with van der Waals surface area (Å²) >= 11 is 1.28. The fraction of sp³-hybridized carbons (Fsp3) is 0.375. The molecular weight excluding hydrogens is 346 g/mol. The van der Waals surface area contributed by atoms with E-state index in [1.807, 2.05) is 0 Å². The van der Waals surface area contributed by atoms with Crippen molar-refractivity contribution in [3.8, 4) is 0 Å². The van der Waals surface area contributed by atoms with Crippen LogP contribution in [0.4, 0.5) is 0 Å². The number of thiazole rings is 1. The highest BCUT2D eigenvalue weighted by Crippen LogP contribution is 2.48. The van der Waals surface area contributed by atoms with E-state index < -0.39 is 18.0 Å². The van der Waals surface area contributed by atoms with Gasteiger partial charge in [-0.05, 0) is 13.3 Å². The molecule has 2 aliphatic heterocycles. The van der Waals surface area contributed by atoms with Gasteiger partial charge in [0.2, 0.25) is 5.91 Å². The van der Waals surface area contributed by atoms with Crippen LogP contribution in [-0.2, 0) is 9.59 Å². The van der Waals surface area contributed by atoms with E-state index in [1.165, 1.54) is 29.5 Å². The molecular formula is C16H15N3O5S. The summed E-state index contributed by atoms with van der Waals surface area (Å²) in [4.78, 5) is 42.3. The number of hydrogen-bond donors (Lipinski definition) is 2. The molecule has 4 heterocycles. The third kappa shape index (κ3) is 2.09. The number of fused-ring (bicyclic) bond motifs is 2. The first-order chi connectivity index (χ1) is 11.8. The van der Waals surface area contributed by atoms with E-state index in [9.17, 15) is 24.6 Å². The Bertz CT molecular complexity index is 970. The standard InChI is InChI=1S/C16H15N3O5S/c1-6(20)11-9-3-8(13(16(23)24)19(9)14(11)22)10-4-18-5-17-12(7(2)21)15(18)25-10/h4-6,9,11,20H,3H2,1-2H3,(H,23,24)/t6-,9-,11-/m1/s1. The minimum atomic E-state index is -1.17. The highest BCUT2D eigenvalue weighted by atomic mass is 32.1. The van der Waals surface area contributed by atoms with Crippen LogP contribution in [0, 0.1) is 5.92 Å². The van der Waals surface area contributed by atoms with Crippen LogP contribution in [0.1, 0.15) is 35.6 Å². The molecule has 8 nitrogen and oxygen atoms in total. The Kier molecular flexibility index (Phi) is 3.35. The van der Waals surface area contributed by atoms with Gasteiger partial charge in [0.1, 0.15) is 22.5 Å². The number of amides is 1. The average Bonchev–Trinajstić information content (AvgIpc) is 3.15. The van der Waals surface area contributed by atoms with Crippen LogP contribution in [0.25, 0.3) is 10.4 Å². The third-order valence-corrected chi connectivity index (χ3v) is 5.94. The van der Waals surface area contributed by atoms with Crippen LogP contribution in [0.2, 0.25) is 0 Å². The van der Waals surface area contributed by atoms with E-state index >= 15 is 0 Å². The number of β-lactam (4-membered cyclic amide) rings is 1. The smallest absolute Gasteiger partial charge is 0.352 e. The molecule has 0 unspecified atom stereocenters. The molecule has 2 aliphatic rings. The number of carbonyl (C=O) groups excluding carboxylic acids is 2. The first-order valence-electron chi connectivity index (χ1n) is 7.76. The number of aliphatic hydroxyl groups excluding tert-OH is 1. The minimum Gasteiger partial charge on any atom is -0.477 e. The zero-order valence-corrected chi connectivity index (χ0v) is 14.3. The number of carboxylic acids is 1. The van der Waals surface area contributed by atoms with Gasteiger partial charge in [-0.25, -0.2) is 9.78 Å². The van der Waals surface area contributed by atoms with E-state index in [2.05, 4.69) is 4.98 Å². The van der Waals surface area contributed by atoms with Crippen LogP contribution in [0.5, 0.6) is 0 Å². The normalized spacial score (nSPS) is 23.8. The Balaban J connectivity index is 1.81. The molecule has 0 spiro atoms. The van der Waals surface area contributed by atoms with Crippen molar-refractivity contribution in [1.82, 2.24) is 14.3 Å². The molecule has 1 saturated heterocycles. The second-order valence-electron chi connectivity index (χ2n) is 6.34. The number of hydrogen-bond acceptors (Lipinski definition) is 6. The van der Waals surface area contributed by atoms with E-state index in [4.69, 9.17) is 0 Å². The molecule has 1 amide bonds. The van der Waals surface area contributed by atoms with E-state index in [0.29, 0.717) is 27.4 Å². The van der Waals surface area contributed by atoms with E-state index in [-0.39, 0.29) is 23.4 Å². The maximum Gasteiger partial charge on any atom is 0.352 e. The van der Waals surface area contributed by atoms with Crippen LogP contribution in [0.15, 0.2) is 18.2 Å². The van der Waals surface area contributed by atoms with Crippen molar-refractivity contribution in [2.24, 2.45) is 5.92 Å². The number of carboxylic acid groups (broad SMARTS) is 1. The summed E-state index contributed by atoms with van der Waals surface area (Å²) in [6, 6.07) is -0.333. The summed E-state index contributed by atoms with van der Waals surface area (Å²) in [7, 11) is 0. The van der Waals surface area contributed by atoms with Gasteiger partial charge < -0.3 is 15.1 Å². The number of carbonyl (C=O) groups is 3. The first-order valence-corrected chi connectivity index (χ1v) is 8.58. The Hall–Kier alpha value is -2.52. The van der Waals surface area contributed by atoms with Crippen molar-refractivity contribution in [3.05, 3.63) is 28.8 Å². The minimum absolute atomic E-state index is 0.0336. The molecule has 2 aromatic rings. The second-order valence-corrected chi connectivity index (χ2v) is 7.37. The quantitative estimate of drug-likeness (QED) is 0.621. The monoisotopic (exact) mass is 361 g/mol. The molecule has 0 radical (unpaired) electrons. The molecule has 2 N–H and O–H groups in total. The molecule has 0 aromatic carbocycles. The number of rotatable bonds is 4. The number of aliphatic hydroxyl groups is 1. The summed E-state index contributed by atoms with van der Waals surface area (Å²) in [6.07, 6.45) is 2.79. The fourth-order valence-corrected chi connectivity index (χ4v) is 4.85. The zero-order chi connectivity index (χ0) is 18.0. The lowest BCUT2D eigenvalue weighted by molar-refractivity contribution is -0.161. The summed E-state index contributed by atoms with van der Waals surface area (Å²) in [6.45, 7) is 2.97. The van der Waals surface area contributed by atoms with Crippen molar-refractivity contribution < 1.29 is 24.6 Å². The molecule has 0 saturated carbocycles. The van der Waals surface area contributed by atoms with Crippen molar-refractivity contribution in [2.75, 3.05) is 0 Å². The number of aromatic nitrogens is 2. The topological polar surface area (TPSA) is 112 Å². The second kappa shape index (κ2) is 5.24. The van der Waals surface area contributed by atoms with Crippen LogP contribution in [-0.4, -0.2) is 54.3 Å². The average molecular weight is 361 g/mol. The van der Waals surface area contributed by atoms with Gasteiger partial charge in [-0.2, -0.15) is 0 Å².